The third kappa shape index (κ3) is 5.30. The van der Waals surface area contributed by atoms with Crippen LogP contribution in [0.1, 0.15) is 29.7 Å². The predicted octanol–water partition coefficient (Wildman–Crippen LogP) is 4.61. The zero-order valence-corrected chi connectivity index (χ0v) is 18.6. The molecule has 1 aromatic heterocycles. The Bertz CT molecular complexity index is 1110. The average Bonchev–Trinajstić information content (AvgIpc) is 3.11. The number of alkyl halides is 3. The van der Waals surface area contributed by atoms with Crippen molar-refractivity contribution in [2.24, 2.45) is 7.05 Å². The summed E-state index contributed by atoms with van der Waals surface area (Å²) in [4.78, 5) is 25.1. The first-order chi connectivity index (χ1) is 15.0. The Balaban J connectivity index is 1.87. The number of benzene rings is 1. The fraction of sp³-hybridized carbons (Fsp3) is 0.300. The Morgan fingerprint density at radius 3 is 2.75 bits per heavy atom. The van der Waals surface area contributed by atoms with Gasteiger partial charge in [0.05, 0.1) is 21.7 Å². The highest BCUT2D eigenvalue weighted by atomic mass is 32.2. The molecule has 0 saturated carbocycles. The number of carboxylic acids is 1. The molecule has 1 aliphatic heterocycles. The molecule has 1 N–H and O–H groups in total. The number of hydrogen-bond donors (Lipinski definition) is 1. The number of carboxylic acid groups (broad SMARTS) is 1. The number of amides is 1. The van der Waals surface area contributed by atoms with E-state index in [2.05, 4.69) is 5.10 Å². The Kier molecular flexibility index (Phi) is 6.94. The number of thioether (sulfide) groups is 1. The third-order valence-electron chi connectivity index (χ3n) is 4.51. The first-order valence-corrected chi connectivity index (χ1v) is 10.6. The van der Waals surface area contributed by atoms with Crippen molar-refractivity contribution in [3.63, 3.8) is 0 Å². The van der Waals surface area contributed by atoms with Crippen molar-refractivity contribution in [1.29, 1.82) is 0 Å². The van der Waals surface area contributed by atoms with E-state index >= 15 is 0 Å². The summed E-state index contributed by atoms with van der Waals surface area (Å²) in [6, 6.07) is 4.46. The molecular weight excluding hydrogens is 467 g/mol. The lowest BCUT2D eigenvalue weighted by molar-refractivity contribution is -0.138. The van der Waals surface area contributed by atoms with Gasteiger partial charge in [-0.15, -0.1) is 0 Å². The summed E-state index contributed by atoms with van der Waals surface area (Å²) in [6.07, 6.45) is -2.82. The fourth-order valence-electron chi connectivity index (χ4n) is 3.00. The topological polar surface area (TPSA) is 84.7 Å². The Morgan fingerprint density at radius 2 is 2.09 bits per heavy atom. The van der Waals surface area contributed by atoms with Crippen LogP contribution < -0.4 is 4.74 Å². The summed E-state index contributed by atoms with van der Waals surface area (Å²) >= 11 is 6.29. The standard InChI is InChI=1S/C20H18F3N3O4S2/c1-11-14(10-15-17(29)26(19(31)32-15)8-4-7-16(27)28)18(25(2)24-11)30-13-6-3-5-12(9-13)20(21,22)23/h3,5-6,9-10H,4,7-8H2,1-2H3,(H,27,28). The number of hydrogen-bond acceptors (Lipinski definition) is 6. The second kappa shape index (κ2) is 9.33. The number of nitrogens with zero attached hydrogens (tertiary/aromatic N) is 3. The molecule has 0 aliphatic carbocycles. The van der Waals surface area contributed by atoms with E-state index in [4.69, 9.17) is 22.1 Å². The van der Waals surface area contributed by atoms with Gasteiger partial charge in [-0.1, -0.05) is 30.0 Å². The van der Waals surface area contributed by atoms with Gasteiger partial charge < -0.3 is 9.84 Å². The largest absolute Gasteiger partial charge is 0.481 e. The summed E-state index contributed by atoms with van der Waals surface area (Å²) in [5.41, 5.74) is 0.0826. The van der Waals surface area contributed by atoms with E-state index in [-0.39, 0.29) is 41.8 Å². The molecule has 2 aromatic rings. The van der Waals surface area contributed by atoms with Crippen molar-refractivity contribution in [1.82, 2.24) is 14.7 Å². The normalized spacial score (nSPS) is 15.7. The van der Waals surface area contributed by atoms with Crippen molar-refractivity contribution >= 4 is 46.3 Å². The van der Waals surface area contributed by atoms with Gasteiger partial charge in [0.25, 0.3) is 5.91 Å². The molecule has 1 amide bonds. The molecule has 0 bridgehead atoms. The molecule has 0 radical (unpaired) electrons. The number of carbonyl (C=O) groups excluding carboxylic acids is 1. The van der Waals surface area contributed by atoms with Crippen LogP contribution in [0.5, 0.6) is 11.6 Å². The molecule has 7 nitrogen and oxygen atoms in total. The second-order valence-electron chi connectivity index (χ2n) is 6.89. The van der Waals surface area contributed by atoms with E-state index in [9.17, 15) is 22.8 Å². The molecule has 170 valence electrons. The van der Waals surface area contributed by atoms with Gasteiger partial charge in [0.2, 0.25) is 5.88 Å². The second-order valence-corrected chi connectivity index (χ2v) is 8.56. The van der Waals surface area contributed by atoms with Crippen molar-refractivity contribution in [2.45, 2.75) is 25.9 Å². The van der Waals surface area contributed by atoms with Crippen LogP contribution in [0.4, 0.5) is 13.2 Å². The summed E-state index contributed by atoms with van der Waals surface area (Å²) in [5, 5.41) is 13.0. The number of aromatic nitrogens is 2. The van der Waals surface area contributed by atoms with Crippen molar-refractivity contribution < 1.29 is 32.6 Å². The van der Waals surface area contributed by atoms with Gasteiger partial charge in [-0.3, -0.25) is 14.5 Å². The van der Waals surface area contributed by atoms with E-state index in [1.807, 2.05) is 0 Å². The number of halogens is 3. The van der Waals surface area contributed by atoms with Crippen molar-refractivity contribution in [3.05, 3.63) is 46.0 Å². The fourth-order valence-corrected chi connectivity index (χ4v) is 4.29. The van der Waals surface area contributed by atoms with Crippen molar-refractivity contribution in [3.8, 4) is 11.6 Å². The van der Waals surface area contributed by atoms with E-state index in [1.54, 1.807) is 14.0 Å². The van der Waals surface area contributed by atoms with Gasteiger partial charge in [-0.25, -0.2) is 4.68 Å². The molecule has 1 saturated heterocycles. The monoisotopic (exact) mass is 485 g/mol. The Morgan fingerprint density at radius 1 is 1.38 bits per heavy atom. The van der Waals surface area contributed by atoms with Crippen LogP contribution in [0.25, 0.3) is 6.08 Å². The number of carbonyl (C=O) groups is 2. The Labute approximate surface area is 190 Å². The van der Waals surface area contributed by atoms with Crippen LogP contribution in [0.2, 0.25) is 0 Å². The maximum absolute atomic E-state index is 13.0. The minimum atomic E-state index is -4.51. The molecule has 2 heterocycles. The highest BCUT2D eigenvalue weighted by molar-refractivity contribution is 8.26. The molecule has 1 aliphatic rings. The quantitative estimate of drug-likeness (QED) is 0.453. The van der Waals surface area contributed by atoms with Crippen LogP contribution in [0, 0.1) is 6.92 Å². The van der Waals surface area contributed by atoms with Crippen LogP contribution in [0.15, 0.2) is 29.2 Å². The molecule has 3 rings (SSSR count). The average molecular weight is 486 g/mol. The maximum atomic E-state index is 13.0. The minimum absolute atomic E-state index is 0.0290. The number of rotatable bonds is 7. The molecule has 0 atom stereocenters. The van der Waals surface area contributed by atoms with Gasteiger partial charge >= 0.3 is 12.1 Å². The number of aryl methyl sites for hydroxylation is 2. The molecule has 0 spiro atoms. The number of aliphatic carboxylic acids is 1. The summed E-state index contributed by atoms with van der Waals surface area (Å²) in [7, 11) is 1.57. The third-order valence-corrected chi connectivity index (χ3v) is 5.89. The Hall–Kier alpha value is -2.86. The summed E-state index contributed by atoms with van der Waals surface area (Å²) < 4.78 is 46.4. The first-order valence-electron chi connectivity index (χ1n) is 9.33. The summed E-state index contributed by atoms with van der Waals surface area (Å²) in [6.45, 7) is 1.85. The van der Waals surface area contributed by atoms with Crippen LogP contribution in [-0.4, -0.2) is 42.5 Å². The van der Waals surface area contributed by atoms with E-state index in [0.717, 1.165) is 23.9 Å². The molecule has 32 heavy (non-hydrogen) atoms. The van der Waals surface area contributed by atoms with Crippen molar-refractivity contribution in [2.75, 3.05) is 6.54 Å². The van der Waals surface area contributed by atoms with Gasteiger partial charge in [-0.05, 0) is 37.6 Å². The summed E-state index contributed by atoms with van der Waals surface area (Å²) in [5.74, 6) is -1.20. The van der Waals surface area contributed by atoms with Crippen LogP contribution in [0.3, 0.4) is 0 Å². The van der Waals surface area contributed by atoms with E-state index in [0.29, 0.717) is 15.6 Å². The SMILES string of the molecule is Cc1nn(C)c(Oc2cccc(C(F)(F)F)c2)c1C=C1SC(=S)N(CCCC(=O)O)C1=O. The highest BCUT2D eigenvalue weighted by Gasteiger charge is 2.33. The van der Waals surface area contributed by atoms with Gasteiger partial charge in [0.1, 0.15) is 10.1 Å². The predicted molar refractivity (Wildman–Crippen MR) is 116 cm³/mol. The van der Waals surface area contributed by atoms with Gasteiger partial charge in [0, 0.05) is 20.0 Å². The minimum Gasteiger partial charge on any atom is -0.481 e. The maximum Gasteiger partial charge on any atom is 0.416 e. The smallest absolute Gasteiger partial charge is 0.416 e. The van der Waals surface area contributed by atoms with Gasteiger partial charge in [0.15, 0.2) is 0 Å². The lowest BCUT2D eigenvalue weighted by Crippen LogP contribution is -2.29. The zero-order valence-electron chi connectivity index (χ0n) is 17.0. The first kappa shape index (κ1) is 23.8. The van der Waals surface area contributed by atoms with E-state index in [1.165, 1.54) is 27.8 Å². The number of thiocarbonyl (C=S) groups is 1. The molecule has 1 fully saturated rings. The molecule has 1 aromatic carbocycles. The molecular formula is C20H18F3N3O4S2. The number of ether oxygens (including phenoxy) is 1. The molecule has 12 heteroatoms. The van der Waals surface area contributed by atoms with Gasteiger partial charge in [-0.2, -0.15) is 18.3 Å². The van der Waals surface area contributed by atoms with Crippen LogP contribution >= 0.6 is 24.0 Å². The van der Waals surface area contributed by atoms with E-state index < -0.39 is 17.7 Å². The lowest BCUT2D eigenvalue weighted by Gasteiger charge is -2.13. The zero-order chi connectivity index (χ0) is 23.6. The van der Waals surface area contributed by atoms with Crippen LogP contribution in [-0.2, 0) is 22.8 Å². The highest BCUT2D eigenvalue weighted by Crippen LogP contribution is 2.37. The lowest BCUT2D eigenvalue weighted by atomic mass is 10.2. The molecule has 0 unspecified atom stereocenters.